The third-order valence-corrected chi connectivity index (χ3v) is 4.18. The lowest BCUT2D eigenvalue weighted by atomic mass is 10.2. The molecule has 102 valence electrons. The number of hydrogen-bond acceptors (Lipinski definition) is 3. The van der Waals surface area contributed by atoms with E-state index in [0.29, 0.717) is 12.2 Å². The summed E-state index contributed by atoms with van der Waals surface area (Å²) in [5.41, 5.74) is 9.13. The predicted octanol–water partition coefficient (Wildman–Crippen LogP) is 2.07. The molecule has 0 amide bonds. The topological polar surface area (TPSA) is 65.8 Å². The third kappa shape index (κ3) is 2.58. The Bertz CT molecular complexity index is 672. The predicted molar refractivity (Wildman–Crippen MR) is 79.3 cm³/mol. The number of halogens is 1. The minimum absolute atomic E-state index is 0.0555. The average Bonchev–Trinajstić information content (AvgIpc) is 2.63. The van der Waals surface area contributed by atoms with Crippen LogP contribution in [0.15, 0.2) is 21.5 Å². The minimum atomic E-state index is -0.0555. The van der Waals surface area contributed by atoms with Gasteiger partial charge < -0.3 is 10.3 Å². The first-order valence-electron chi connectivity index (χ1n) is 6.12. The summed E-state index contributed by atoms with van der Waals surface area (Å²) in [4.78, 5) is 12.0. The van der Waals surface area contributed by atoms with Crippen molar-refractivity contribution in [1.82, 2.24) is 14.3 Å². The van der Waals surface area contributed by atoms with Crippen LogP contribution in [0.1, 0.15) is 23.9 Å². The molecule has 0 aliphatic heterocycles. The maximum Gasteiger partial charge on any atom is 0.251 e. The Kier molecular flexibility index (Phi) is 3.80. The van der Waals surface area contributed by atoms with Gasteiger partial charge in [0, 0.05) is 18.8 Å². The van der Waals surface area contributed by atoms with Gasteiger partial charge in [-0.25, -0.2) is 0 Å². The molecule has 0 aliphatic carbocycles. The highest BCUT2D eigenvalue weighted by Gasteiger charge is 2.13. The van der Waals surface area contributed by atoms with E-state index in [0.717, 1.165) is 28.0 Å². The van der Waals surface area contributed by atoms with Crippen LogP contribution in [0.25, 0.3) is 0 Å². The van der Waals surface area contributed by atoms with Gasteiger partial charge >= 0.3 is 0 Å². The van der Waals surface area contributed by atoms with Crippen LogP contribution in [-0.4, -0.2) is 14.3 Å². The molecular weight excluding hydrogens is 308 g/mol. The van der Waals surface area contributed by atoms with Gasteiger partial charge in [0.25, 0.3) is 5.56 Å². The normalized spacial score (nSPS) is 10.9. The Balaban J connectivity index is 2.47. The number of aromatic nitrogens is 3. The number of hydrogen-bond donors (Lipinski definition) is 1. The lowest BCUT2D eigenvalue weighted by Crippen LogP contribution is -2.22. The van der Waals surface area contributed by atoms with Gasteiger partial charge in [-0.2, -0.15) is 5.10 Å². The summed E-state index contributed by atoms with van der Waals surface area (Å²) in [6.45, 7) is 7.01. The molecule has 2 rings (SSSR count). The molecule has 2 aromatic rings. The summed E-state index contributed by atoms with van der Waals surface area (Å²) >= 11 is 3.53. The maximum absolute atomic E-state index is 12.0. The molecular formula is C13H17BrN4O. The van der Waals surface area contributed by atoms with E-state index in [1.807, 2.05) is 25.5 Å². The summed E-state index contributed by atoms with van der Waals surface area (Å²) in [6.07, 6.45) is 1.69. The molecule has 0 spiro atoms. The second kappa shape index (κ2) is 5.21. The summed E-state index contributed by atoms with van der Waals surface area (Å²) in [5.74, 6) is 0. The van der Waals surface area contributed by atoms with Crippen molar-refractivity contribution >= 4 is 21.6 Å². The molecule has 6 heteroatoms. The van der Waals surface area contributed by atoms with Gasteiger partial charge in [-0.05, 0) is 42.3 Å². The highest BCUT2D eigenvalue weighted by molar-refractivity contribution is 9.10. The third-order valence-electron chi connectivity index (χ3n) is 3.15. The van der Waals surface area contributed by atoms with Crippen molar-refractivity contribution in [2.24, 2.45) is 0 Å². The Morgan fingerprint density at radius 2 is 2.11 bits per heavy atom. The number of nitrogens with zero attached hydrogens (tertiary/aromatic N) is 3. The molecule has 19 heavy (non-hydrogen) atoms. The van der Waals surface area contributed by atoms with E-state index >= 15 is 0 Å². The lowest BCUT2D eigenvalue weighted by Gasteiger charge is -2.10. The smallest absolute Gasteiger partial charge is 0.251 e. The fourth-order valence-electron chi connectivity index (χ4n) is 1.99. The fraction of sp³-hybridized carbons (Fsp3) is 0.385. The standard InChI is InChI=1S/C13H17BrN4O/c1-4-18-11(13(14)9(3)16-18)7-17-6-10(15)8(2)5-12(17)19/h5-6H,4,7,15H2,1-3H3. The van der Waals surface area contributed by atoms with Crippen LogP contribution in [0.4, 0.5) is 5.69 Å². The van der Waals surface area contributed by atoms with E-state index in [1.165, 1.54) is 0 Å². The molecule has 0 unspecified atom stereocenters. The van der Waals surface area contributed by atoms with Crippen LogP contribution in [0.3, 0.4) is 0 Å². The molecule has 0 aromatic carbocycles. The first-order valence-corrected chi connectivity index (χ1v) is 6.91. The zero-order valence-electron chi connectivity index (χ0n) is 11.3. The molecule has 0 saturated carbocycles. The number of nitrogens with two attached hydrogens (primary N) is 1. The van der Waals surface area contributed by atoms with E-state index < -0.39 is 0 Å². The van der Waals surface area contributed by atoms with Crippen LogP contribution in [0.2, 0.25) is 0 Å². The Labute approximate surface area is 120 Å². The molecule has 0 bridgehead atoms. The van der Waals surface area contributed by atoms with Crippen LogP contribution in [0.5, 0.6) is 0 Å². The molecule has 2 aromatic heterocycles. The van der Waals surface area contributed by atoms with Gasteiger partial charge in [0.15, 0.2) is 0 Å². The maximum atomic E-state index is 12.0. The Morgan fingerprint density at radius 1 is 1.42 bits per heavy atom. The molecule has 2 N–H and O–H groups in total. The molecule has 0 saturated heterocycles. The Hall–Kier alpha value is -1.56. The van der Waals surface area contributed by atoms with Crippen molar-refractivity contribution in [3.63, 3.8) is 0 Å². The molecule has 2 heterocycles. The summed E-state index contributed by atoms with van der Waals surface area (Å²) < 4.78 is 4.44. The largest absolute Gasteiger partial charge is 0.397 e. The number of nitrogen functional groups attached to an aromatic ring is 1. The van der Waals surface area contributed by atoms with Crippen LogP contribution in [-0.2, 0) is 13.1 Å². The van der Waals surface area contributed by atoms with E-state index in [1.54, 1.807) is 16.8 Å². The molecule has 0 fully saturated rings. The number of rotatable bonds is 3. The van der Waals surface area contributed by atoms with Gasteiger partial charge in [-0.3, -0.25) is 9.48 Å². The Morgan fingerprint density at radius 3 is 2.74 bits per heavy atom. The average molecular weight is 325 g/mol. The van der Waals surface area contributed by atoms with Crippen LogP contribution < -0.4 is 11.3 Å². The van der Waals surface area contributed by atoms with Gasteiger partial charge in [0.2, 0.25) is 0 Å². The van der Waals surface area contributed by atoms with Crippen molar-refractivity contribution in [3.8, 4) is 0 Å². The quantitative estimate of drug-likeness (QED) is 0.939. The number of pyridine rings is 1. The second-order valence-corrected chi connectivity index (χ2v) is 5.33. The number of anilines is 1. The molecule has 5 nitrogen and oxygen atoms in total. The monoisotopic (exact) mass is 324 g/mol. The van der Waals surface area contributed by atoms with Gasteiger partial charge in [-0.15, -0.1) is 0 Å². The summed E-state index contributed by atoms with van der Waals surface area (Å²) in [6, 6.07) is 1.56. The van der Waals surface area contributed by atoms with Gasteiger partial charge in [0.05, 0.1) is 28.1 Å². The molecule has 0 atom stereocenters. The summed E-state index contributed by atoms with van der Waals surface area (Å²) in [7, 11) is 0. The van der Waals surface area contributed by atoms with E-state index in [-0.39, 0.29) is 5.56 Å². The van der Waals surface area contributed by atoms with Gasteiger partial charge in [0.1, 0.15) is 0 Å². The number of aryl methyl sites for hydroxylation is 3. The minimum Gasteiger partial charge on any atom is -0.397 e. The van der Waals surface area contributed by atoms with Crippen LogP contribution in [0, 0.1) is 13.8 Å². The fourth-order valence-corrected chi connectivity index (χ4v) is 2.40. The van der Waals surface area contributed by atoms with Gasteiger partial charge in [-0.1, -0.05) is 0 Å². The summed E-state index contributed by atoms with van der Waals surface area (Å²) in [5, 5.41) is 4.42. The van der Waals surface area contributed by atoms with E-state index in [4.69, 9.17) is 5.73 Å². The first-order chi connectivity index (χ1) is 8.93. The van der Waals surface area contributed by atoms with E-state index in [2.05, 4.69) is 21.0 Å². The van der Waals surface area contributed by atoms with Crippen molar-refractivity contribution < 1.29 is 0 Å². The SMILES string of the molecule is CCn1nc(C)c(Br)c1Cn1cc(N)c(C)cc1=O. The zero-order valence-corrected chi connectivity index (χ0v) is 12.9. The van der Waals surface area contributed by atoms with E-state index in [9.17, 15) is 4.79 Å². The van der Waals surface area contributed by atoms with Crippen molar-refractivity contribution in [2.75, 3.05) is 5.73 Å². The lowest BCUT2D eigenvalue weighted by molar-refractivity contribution is 0.591. The van der Waals surface area contributed by atoms with Crippen molar-refractivity contribution in [1.29, 1.82) is 0 Å². The molecule has 0 aliphatic rings. The second-order valence-electron chi connectivity index (χ2n) is 4.54. The molecule has 0 radical (unpaired) electrons. The first kappa shape index (κ1) is 13.9. The van der Waals surface area contributed by atoms with Crippen molar-refractivity contribution in [2.45, 2.75) is 33.9 Å². The zero-order chi connectivity index (χ0) is 14.2. The van der Waals surface area contributed by atoms with Crippen LogP contribution >= 0.6 is 15.9 Å². The van der Waals surface area contributed by atoms with Crippen molar-refractivity contribution in [3.05, 3.63) is 44.0 Å². The highest BCUT2D eigenvalue weighted by atomic mass is 79.9. The highest BCUT2D eigenvalue weighted by Crippen LogP contribution is 2.21.